The summed E-state index contributed by atoms with van der Waals surface area (Å²) in [6.45, 7) is 7.03. The first-order valence-corrected chi connectivity index (χ1v) is 17.7. The van der Waals surface area contributed by atoms with Gasteiger partial charge in [0.05, 0.1) is 42.9 Å². The lowest BCUT2D eigenvalue weighted by Crippen LogP contribution is -2.55. The highest BCUT2D eigenvalue weighted by Crippen LogP contribution is 2.21. The number of aliphatic hydroxyl groups excluding tert-OH is 1. The zero-order valence-electron chi connectivity index (χ0n) is 29.8. The first-order chi connectivity index (χ1) is 24.0. The number of halogens is 1. The SMILES string of the molecule is CC(C)C[C@H](NC(=O)CNC=O)C(=O)NCC(=O)N[C@@H](CC(C)C)C(=O)C(C)(O)COS(=O)c1ccc(F)c(CCC/C(=C/NCCO)N=N)c1. The maximum atomic E-state index is 14.5. The molecule has 0 heterocycles. The van der Waals surface area contributed by atoms with Crippen LogP contribution >= 0.6 is 0 Å². The Morgan fingerprint density at radius 1 is 1.04 bits per heavy atom. The van der Waals surface area contributed by atoms with Crippen LogP contribution in [0.25, 0.3) is 0 Å². The standard InChI is InChI=1S/C33H52FN7O9S/c1-21(2)13-27(39-30(45)18-38-32(47)28(14-22(3)4)40-29(44)17-37-20-43)31(46)33(5,48)19-50-51(49)25-9-10-26(34)23(15-25)7-6-8-24(41-35)16-36-11-12-42/h9-10,15-16,20-22,27-28,35-36,42,48H,6-8,11-14,17-19H2,1-5H3,(H,37,43)(H,38,47)(H,39,45)(H,40,44)/b24-16-,41-35?/t27-,28-,33?,51?/m0/s1. The van der Waals surface area contributed by atoms with Crippen LogP contribution in [-0.4, -0.2) is 94.9 Å². The monoisotopic (exact) mass is 741 g/mol. The van der Waals surface area contributed by atoms with E-state index in [9.17, 15) is 37.7 Å². The van der Waals surface area contributed by atoms with Gasteiger partial charge in [-0.05, 0) is 74.6 Å². The van der Waals surface area contributed by atoms with E-state index in [1.54, 1.807) is 13.8 Å². The summed E-state index contributed by atoms with van der Waals surface area (Å²) < 4.78 is 32.8. The molecule has 8 N–H and O–H groups in total. The van der Waals surface area contributed by atoms with Crippen molar-refractivity contribution in [3.8, 4) is 0 Å². The minimum absolute atomic E-state index is 0.00424. The van der Waals surface area contributed by atoms with Crippen molar-refractivity contribution in [3.05, 3.63) is 41.5 Å². The minimum atomic E-state index is -2.21. The number of rotatable bonds is 26. The van der Waals surface area contributed by atoms with Gasteiger partial charge in [0.2, 0.25) is 24.1 Å². The van der Waals surface area contributed by atoms with Gasteiger partial charge in [-0.15, -0.1) is 0 Å². The Bertz CT molecular complexity index is 1390. The fraction of sp³-hybridized carbons (Fsp3) is 0.606. The Kier molecular flexibility index (Phi) is 20.6. The third-order valence-electron chi connectivity index (χ3n) is 7.22. The maximum Gasteiger partial charge on any atom is 0.243 e. The molecule has 4 amide bonds. The average molecular weight is 742 g/mol. The van der Waals surface area contributed by atoms with Gasteiger partial charge in [0.25, 0.3) is 0 Å². The second kappa shape index (κ2) is 23.4. The number of hydrogen-bond acceptors (Lipinski definition) is 12. The minimum Gasteiger partial charge on any atom is -0.395 e. The summed E-state index contributed by atoms with van der Waals surface area (Å²) in [6.07, 6.45) is 3.19. The van der Waals surface area contributed by atoms with Gasteiger partial charge < -0.3 is 36.8 Å². The summed E-state index contributed by atoms with van der Waals surface area (Å²) in [4.78, 5) is 61.7. The van der Waals surface area contributed by atoms with E-state index < -0.39 is 71.2 Å². The number of nitrogens with one attached hydrogen (secondary N) is 6. The molecule has 0 radical (unpaired) electrons. The summed E-state index contributed by atoms with van der Waals surface area (Å²) in [5.74, 6) is -3.44. The van der Waals surface area contributed by atoms with Crippen LogP contribution in [0.2, 0.25) is 0 Å². The lowest BCUT2D eigenvalue weighted by Gasteiger charge is -2.28. The summed E-state index contributed by atoms with van der Waals surface area (Å²) in [6, 6.07) is 1.54. The molecule has 2 unspecified atom stereocenters. The van der Waals surface area contributed by atoms with Crippen LogP contribution in [0.1, 0.15) is 65.9 Å². The molecule has 0 saturated carbocycles. The predicted octanol–water partition coefficient (Wildman–Crippen LogP) is 0.886. The Balaban J connectivity index is 2.88. The van der Waals surface area contributed by atoms with E-state index in [-0.39, 0.29) is 54.7 Å². The molecule has 18 heteroatoms. The number of carbonyl (C=O) groups excluding carboxylic acids is 5. The van der Waals surface area contributed by atoms with Gasteiger partial charge in [-0.3, -0.25) is 28.2 Å². The number of hydrogen-bond donors (Lipinski definition) is 8. The van der Waals surface area contributed by atoms with Crippen LogP contribution < -0.4 is 26.6 Å². The molecule has 0 saturated heterocycles. The van der Waals surface area contributed by atoms with Crippen molar-refractivity contribution in [2.75, 3.05) is 32.8 Å². The molecular formula is C33H52FN7O9S. The van der Waals surface area contributed by atoms with Crippen molar-refractivity contribution in [2.45, 2.75) is 89.3 Å². The second-order valence-corrected chi connectivity index (χ2v) is 14.1. The molecule has 0 bridgehead atoms. The molecular weight excluding hydrogens is 689 g/mol. The quantitative estimate of drug-likeness (QED) is 0.0378. The highest BCUT2D eigenvalue weighted by molar-refractivity contribution is 7.80. The number of benzene rings is 1. The van der Waals surface area contributed by atoms with Crippen LogP contribution in [0.15, 0.2) is 40.1 Å². The normalized spacial score (nSPS) is 14.5. The van der Waals surface area contributed by atoms with Crippen LogP contribution in [0, 0.1) is 23.2 Å². The molecule has 0 fully saturated rings. The largest absolute Gasteiger partial charge is 0.395 e. The molecule has 0 aromatic heterocycles. The van der Waals surface area contributed by atoms with Gasteiger partial charge >= 0.3 is 0 Å². The fourth-order valence-corrected chi connectivity index (χ4v) is 5.62. The summed E-state index contributed by atoms with van der Waals surface area (Å²) in [5.41, 5.74) is 5.68. The first kappa shape index (κ1) is 44.9. The Morgan fingerprint density at radius 3 is 2.27 bits per heavy atom. The number of allylic oxidation sites excluding steroid dienone is 1. The smallest absolute Gasteiger partial charge is 0.243 e. The maximum absolute atomic E-state index is 14.5. The molecule has 0 aliphatic heterocycles. The van der Waals surface area contributed by atoms with E-state index in [1.165, 1.54) is 18.3 Å². The van der Waals surface area contributed by atoms with Crippen molar-refractivity contribution in [2.24, 2.45) is 17.0 Å². The average Bonchev–Trinajstić information content (AvgIpc) is 3.07. The van der Waals surface area contributed by atoms with E-state index in [1.807, 2.05) is 13.8 Å². The first-order valence-electron chi connectivity index (χ1n) is 16.6. The third kappa shape index (κ3) is 17.6. The molecule has 286 valence electrons. The van der Waals surface area contributed by atoms with Crippen molar-refractivity contribution in [1.29, 1.82) is 5.53 Å². The summed E-state index contributed by atoms with van der Waals surface area (Å²) in [7, 11) is 0. The fourth-order valence-electron chi connectivity index (χ4n) is 4.73. The number of aliphatic hydroxyl groups is 2. The number of ketones is 1. The Labute approximate surface area is 300 Å². The van der Waals surface area contributed by atoms with Crippen LogP contribution in [0.5, 0.6) is 0 Å². The van der Waals surface area contributed by atoms with Gasteiger partial charge in [0, 0.05) is 12.7 Å². The van der Waals surface area contributed by atoms with Crippen LogP contribution in [-0.2, 0) is 45.7 Å². The highest BCUT2D eigenvalue weighted by atomic mass is 32.2. The van der Waals surface area contributed by atoms with Crippen molar-refractivity contribution < 1.29 is 47.0 Å². The van der Waals surface area contributed by atoms with E-state index in [2.05, 4.69) is 31.7 Å². The Morgan fingerprint density at radius 2 is 1.67 bits per heavy atom. The molecule has 1 rings (SSSR count). The summed E-state index contributed by atoms with van der Waals surface area (Å²) in [5, 5.41) is 35.8. The zero-order valence-corrected chi connectivity index (χ0v) is 30.6. The number of nitrogens with zero attached hydrogens (tertiary/aromatic N) is 1. The molecule has 16 nitrogen and oxygen atoms in total. The van der Waals surface area contributed by atoms with Gasteiger partial charge in [0.15, 0.2) is 16.9 Å². The van der Waals surface area contributed by atoms with E-state index in [0.29, 0.717) is 31.5 Å². The second-order valence-electron chi connectivity index (χ2n) is 12.9. The van der Waals surface area contributed by atoms with Crippen molar-refractivity contribution in [3.63, 3.8) is 0 Å². The van der Waals surface area contributed by atoms with Crippen molar-refractivity contribution >= 4 is 41.0 Å². The molecule has 0 spiro atoms. The van der Waals surface area contributed by atoms with Gasteiger partial charge in [-0.1, -0.05) is 27.7 Å². The number of aryl methyl sites for hydroxylation is 1. The molecule has 51 heavy (non-hydrogen) atoms. The van der Waals surface area contributed by atoms with Gasteiger partial charge in [-0.25, -0.2) is 14.1 Å². The zero-order chi connectivity index (χ0) is 38.6. The van der Waals surface area contributed by atoms with Gasteiger partial charge in [0.1, 0.15) is 17.5 Å². The van der Waals surface area contributed by atoms with E-state index in [4.69, 9.17) is 14.8 Å². The molecule has 1 aromatic rings. The lowest BCUT2D eigenvalue weighted by molar-refractivity contribution is -0.143. The molecule has 1 aromatic carbocycles. The topological polar surface area (TPSA) is 248 Å². The van der Waals surface area contributed by atoms with E-state index in [0.717, 1.165) is 13.0 Å². The number of amides is 4. The van der Waals surface area contributed by atoms with Crippen LogP contribution in [0.4, 0.5) is 4.39 Å². The number of carbonyl (C=O) groups is 5. The molecule has 0 aliphatic rings. The van der Waals surface area contributed by atoms with Gasteiger partial charge in [-0.2, -0.15) is 5.11 Å². The third-order valence-corrected chi connectivity index (χ3v) is 8.19. The predicted molar refractivity (Wildman–Crippen MR) is 185 cm³/mol. The number of Topliss-reactive ketones (excluding diaryl/α,β-unsaturated/α-hetero) is 1. The van der Waals surface area contributed by atoms with Crippen molar-refractivity contribution in [1.82, 2.24) is 26.6 Å². The lowest BCUT2D eigenvalue weighted by atomic mass is 9.90. The Hall–Kier alpha value is -4.13. The van der Waals surface area contributed by atoms with E-state index >= 15 is 0 Å². The summed E-state index contributed by atoms with van der Waals surface area (Å²) >= 11 is -2.20. The highest BCUT2D eigenvalue weighted by Gasteiger charge is 2.38. The molecule has 0 aliphatic carbocycles. The molecule has 4 atom stereocenters. The van der Waals surface area contributed by atoms with Crippen LogP contribution in [0.3, 0.4) is 0 Å².